The van der Waals surface area contributed by atoms with Crippen LogP contribution in [-0.4, -0.2) is 14.9 Å². The van der Waals surface area contributed by atoms with E-state index in [0.717, 1.165) is 21.7 Å². The van der Waals surface area contributed by atoms with Crippen LogP contribution in [0.5, 0.6) is 0 Å². The molecule has 1 N–H and O–H groups in total. The Kier molecular flexibility index (Phi) is 3.19. The number of aliphatic hydroxyl groups is 1. The highest BCUT2D eigenvalue weighted by molar-refractivity contribution is 7.10. The van der Waals surface area contributed by atoms with Gasteiger partial charge in [0.1, 0.15) is 6.10 Å². The van der Waals surface area contributed by atoms with E-state index in [4.69, 9.17) is 0 Å². The second-order valence-electron chi connectivity index (χ2n) is 4.42. The molecule has 0 saturated carbocycles. The summed E-state index contributed by atoms with van der Waals surface area (Å²) >= 11 is 1.57. The van der Waals surface area contributed by atoms with E-state index in [-0.39, 0.29) is 0 Å². The molecule has 0 amide bonds. The maximum atomic E-state index is 10.4. The molecule has 19 heavy (non-hydrogen) atoms. The number of aromatic nitrogens is 2. The zero-order valence-electron chi connectivity index (χ0n) is 10.5. The molecule has 3 rings (SSSR count). The van der Waals surface area contributed by atoms with Gasteiger partial charge in [-0.1, -0.05) is 18.2 Å². The van der Waals surface area contributed by atoms with E-state index < -0.39 is 6.10 Å². The maximum absolute atomic E-state index is 10.4. The lowest BCUT2D eigenvalue weighted by Gasteiger charge is -2.07. The molecule has 96 valence electrons. The van der Waals surface area contributed by atoms with Crippen LogP contribution in [0.25, 0.3) is 5.69 Å². The van der Waals surface area contributed by atoms with E-state index in [9.17, 15) is 5.11 Å². The smallest absolute Gasteiger partial charge is 0.116 e. The Morgan fingerprint density at radius 1 is 1.21 bits per heavy atom. The summed E-state index contributed by atoms with van der Waals surface area (Å²) in [5.74, 6) is 0. The fourth-order valence-corrected chi connectivity index (χ4v) is 2.95. The van der Waals surface area contributed by atoms with Crippen LogP contribution >= 0.6 is 11.3 Å². The second kappa shape index (κ2) is 4.99. The average molecular weight is 270 g/mol. The Labute approximate surface area is 115 Å². The highest BCUT2D eigenvalue weighted by Gasteiger charge is 2.16. The highest BCUT2D eigenvalue weighted by atomic mass is 32.1. The summed E-state index contributed by atoms with van der Waals surface area (Å²) in [5.41, 5.74) is 2.92. The first-order chi connectivity index (χ1) is 9.25. The fourth-order valence-electron chi connectivity index (χ4n) is 2.02. The summed E-state index contributed by atoms with van der Waals surface area (Å²) in [6.45, 7) is 2.01. The number of aliphatic hydroxyl groups excluding tert-OH is 1. The van der Waals surface area contributed by atoms with Gasteiger partial charge in [-0.2, -0.15) is 5.10 Å². The molecule has 0 saturated heterocycles. The molecule has 1 atom stereocenters. The predicted octanol–water partition coefficient (Wildman–Crippen LogP) is 3.32. The molecule has 0 radical (unpaired) electrons. The molecule has 2 heterocycles. The lowest BCUT2D eigenvalue weighted by Crippen LogP contribution is -1.97. The summed E-state index contributed by atoms with van der Waals surface area (Å²) in [5, 5.41) is 16.7. The van der Waals surface area contributed by atoms with E-state index in [2.05, 4.69) is 5.10 Å². The molecule has 1 unspecified atom stereocenters. The van der Waals surface area contributed by atoms with Gasteiger partial charge in [0.2, 0.25) is 0 Å². The van der Waals surface area contributed by atoms with Gasteiger partial charge in [-0.25, -0.2) is 4.68 Å². The minimum atomic E-state index is -0.600. The van der Waals surface area contributed by atoms with Crippen LogP contribution in [0.4, 0.5) is 0 Å². The molecular formula is C15H14N2OS. The standard InChI is InChI=1S/C15H14N2OS/c1-11-7-8-19-15(11)14(18)12-9-16-17(10-12)13-5-3-2-4-6-13/h2-10,14,18H,1H3. The van der Waals surface area contributed by atoms with Crippen molar-refractivity contribution in [2.24, 2.45) is 0 Å². The van der Waals surface area contributed by atoms with Gasteiger partial charge in [-0.05, 0) is 36.1 Å². The van der Waals surface area contributed by atoms with Gasteiger partial charge in [-0.3, -0.25) is 0 Å². The zero-order chi connectivity index (χ0) is 13.2. The average Bonchev–Trinajstić information content (AvgIpc) is 3.08. The van der Waals surface area contributed by atoms with Gasteiger partial charge in [0, 0.05) is 16.6 Å². The summed E-state index contributed by atoms with van der Waals surface area (Å²) < 4.78 is 1.78. The van der Waals surface area contributed by atoms with Crippen molar-refractivity contribution in [2.45, 2.75) is 13.0 Å². The van der Waals surface area contributed by atoms with Crippen molar-refractivity contribution in [3.63, 3.8) is 0 Å². The third kappa shape index (κ3) is 2.32. The maximum Gasteiger partial charge on any atom is 0.116 e. The van der Waals surface area contributed by atoms with Gasteiger partial charge >= 0.3 is 0 Å². The molecule has 0 aliphatic rings. The number of hydrogen-bond acceptors (Lipinski definition) is 3. The first-order valence-electron chi connectivity index (χ1n) is 6.08. The topological polar surface area (TPSA) is 38.1 Å². The Bertz CT molecular complexity index is 672. The summed E-state index contributed by atoms with van der Waals surface area (Å²) in [4.78, 5) is 0.979. The van der Waals surface area contributed by atoms with Gasteiger partial charge < -0.3 is 5.11 Å². The first-order valence-corrected chi connectivity index (χ1v) is 6.96. The van der Waals surface area contributed by atoms with Crippen molar-refractivity contribution in [3.8, 4) is 5.69 Å². The van der Waals surface area contributed by atoms with E-state index in [1.807, 2.05) is 54.9 Å². The number of nitrogens with zero attached hydrogens (tertiary/aromatic N) is 2. The molecule has 4 heteroatoms. The first kappa shape index (κ1) is 12.1. The van der Waals surface area contributed by atoms with Gasteiger partial charge in [0.25, 0.3) is 0 Å². The third-order valence-corrected chi connectivity index (χ3v) is 4.16. The summed E-state index contributed by atoms with van der Waals surface area (Å²) in [6.07, 6.45) is 2.99. The number of benzene rings is 1. The van der Waals surface area contributed by atoms with Crippen LogP contribution in [0.15, 0.2) is 54.2 Å². The van der Waals surface area contributed by atoms with Crippen LogP contribution in [0.2, 0.25) is 0 Å². The summed E-state index contributed by atoms with van der Waals surface area (Å²) in [6, 6.07) is 11.9. The normalized spacial score (nSPS) is 12.5. The Morgan fingerprint density at radius 3 is 2.68 bits per heavy atom. The molecule has 0 fully saturated rings. The molecule has 0 spiro atoms. The Balaban J connectivity index is 1.92. The van der Waals surface area contributed by atoms with Gasteiger partial charge in [0.15, 0.2) is 0 Å². The molecule has 0 aliphatic carbocycles. The van der Waals surface area contributed by atoms with E-state index in [1.54, 1.807) is 22.2 Å². The Hall–Kier alpha value is -1.91. The minimum Gasteiger partial charge on any atom is -0.383 e. The van der Waals surface area contributed by atoms with Crippen molar-refractivity contribution >= 4 is 11.3 Å². The number of para-hydroxylation sites is 1. The van der Waals surface area contributed by atoms with Crippen molar-refractivity contribution in [2.75, 3.05) is 0 Å². The lowest BCUT2D eigenvalue weighted by atomic mass is 10.1. The van der Waals surface area contributed by atoms with Crippen LogP contribution < -0.4 is 0 Å². The Morgan fingerprint density at radius 2 is 2.00 bits per heavy atom. The van der Waals surface area contributed by atoms with Gasteiger partial charge in [0.05, 0.1) is 11.9 Å². The highest BCUT2D eigenvalue weighted by Crippen LogP contribution is 2.29. The zero-order valence-corrected chi connectivity index (χ0v) is 11.3. The van der Waals surface area contributed by atoms with Crippen LogP contribution in [0.1, 0.15) is 22.1 Å². The molecular weight excluding hydrogens is 256 g/mol. The quantitative estimate of drug-likeness (QED) is 0.792. The number of rotatable bonds is 3. The number of hydrogen-bond donors (Lipinski definition) is 1. The lowest BCUT2D eigenvalue weighted by molar-refractivity contribution is 0.223. The van der Waals surface area contributed by atoms with E-state index in [1.165, 1.54) is 0 Å². The van der Waals surface area contributed by atoms with Crippen LogP contribution in [0, 0.1) is 6.92 Å². The predicted molar refractivity (Wildman–Crippen MR) is 76.7 cm³/mol. The van der Waals surface area contributed by atoms with Gasteiger partial charge in [-0.15, -0.1) is 11.3 Å². The minimum absolute atomic E-state index is 0.600. The second-order valence-corrected chi connectivity index (χ2v) is 5.37. The third-order valence-electron chi connectivity index (χ3n) is 3.09. The molecule has 0 aliphatic heterocycles. The van der Waals surface area contributed by atoms with Crippen molar-refractivity contribution in [1.29, 1.82) is 0 Å². The fraction of sp³-hybridized carbons (Fsp3) is 0.133. The van der Waals surface area contributed by atoms with Crippen LogP contribution in [-0.2, 0) is 0 Å². The number of thiophene rings is 1. The van der Waals surface area contributed by atoms with E-state index >= 15 is 0 Å². The van der Waals surface area contributed by atoms with Crippen molar-refractivity contribution in [1.82, 2.24) is 9.78 Å². The molecule has 1 aromatic carbocycles. The van der Waals surface area contributed by atoms with E-state index in [0.29, 0.717) is 0 Å². The molecule has 3 nitrogen and oxygen atoms in total. The van der Waals surface area contributed by atoms with Crippen molar-refractivity contribution < 1.29 is 5.11 Å². The van der Waals surface area contributed by atoms with Crippen molar-refractivity contribution in [3.05, 3.63) is 70.2 Å². The number of aryl methyl sites for hydroxylation is 1. The molecule has 2 aromatic heterocycles. The largest absolute Gasteiger partial charge is 0.383 e. The molecule has 3 aromatic rings. The monoisotopic (exact) mass is 270 g/mol. The summed E-state index contributed by atoms with van der Waals surface area (Å²) in [7, 11) is 0. The van der Waals surface area contributed by atoms with Crippen LogP contribution in [0.3, 0.4) is 0 Å². The SMILES string of the molecule is Cc1ccsc1C(O)c1cnn(-c2ccccc2)c1. The molecule has 0 bridgehead atoms.